The second-order valence-corrected chi connectivity index (χ2v) is 10.4. The Bertz CT molecular complexity index is 1270. The van der Waals surface area contributed by atoms with E-state index < -0.39 is 0 Å². The molecule has 7 nitrogen and oxygen atoms in total. The summed E-state index contributed by atoms with van der Waals surface area (Å²) < 4.78 is 20.3. The number of hydrogen-bond donors (Lipinski definition) is 2. The number of fused-ring (bicyclic) bond motifs is 2. The number of halogens is 1. The highest BCUT2D eigenvalue weighted by Gasteiger charge is 2.35. The molecule has 3 aliphatic rings. The standard InChI is InChI=1S/C27H28FN5O2S/c1-36-25-11-4-17(28)12-22(25)24-13-23(31-26(32-24)33-14-20-9-10-21(15-33)35-20)16-2-5-18(6-3-16)29-27(34)30-19-7-8-19/h2-6,11-13,19-21H,7-10,14-15H2,1H3,(H2,29,30,34). The molecule has 0 spiro atoms. The van der Waals surface area contributed by atoms with E-state index in [4.69, 9.17) is 14.7 Å². The summed E-state index contributed by atoms with van der Waals surface area (Å²) in [6, 6.07) is 14.4. The molecule has 1 aromatic heterocycles. The van der Waals surface area contributed by atoms with Gasteiger partial charge < -0.3 is 20.3 Å². The number of aromatic nitrogens is 2. The van der Waals surface area contributed by atoms with Crippen molar-refractivity contribution in [2.24, 2.45) is 0 Å². The number of carbonyl (C=O) groups excluding carboxylic acids is 1. The molecule has 2 saturated heterocycles. The van der Waals surface area contributed by atoms with Crippen molar-refractivity contribution in [3.05, 3.63) is 54.3 Å². The summed E-state index contributed by atoms with van der Waals surface area (Å²) in [5.74, 6) is 0.332. The first-order valence-electron chi connectivity index (χ1n) is 12.4. The number of benzene rings is 2. The summed E-state index contributed by atoms with van der Waals surface area (Å²) >= 11 is 1.56. The van der Waals surface area contributed by atoms with Gasteiger partial charge in [-0.3, -0.25) is 0 Å². The van der Waals surface area contributed by atoms with Crippen LogP contribution in [0.5, 0.6) is 0 Å². The van der Waals surface area contributed by atoms with Crippen molar-refractivity contribution >= 4 is 29.4 Å². The summed E-state index contributed by atoms with van der Waals surface area (Å²) in [6.45, 7) is 1.49. The van der Waals surface area contributed by atoms with E-state index in [1.807, 2.05) is 36.6 Å². The van der Waals surface area contributed by atoms with Crippen molar-refractivity contribution in [2.75, 3.05) is 29.6 Å². The van der Waals surface area contributed by atoms with Crippen LogP contribution in [0.25, 0.3) is 22.5 Å². The van der Waals surface area contributed by atoms with E-state index in [9.17, 15) is 9.18 Å². The van der Waals surface area contributed by atoms with Crippen LogP contribution in [0.4, 0.5) is 20.8 Å². The molecule has 3 aromatic rings. The van der Waals surface area contributed by atoms with Crippen LogP contribution in [0.2, 0.25) is 0 Å². The number of nitrogens with one attached hydrogen (secondary N) is 2. The van der Waals surface area contributed by atoms with E-state index in [2.05, 4.69) is 15.5 Å². The highest BCUT2D eigenvalue weighted by Crippen LogP contribution is 2.35. The molecule has 0 radical (unpaired) electrons. The van der Waals surface area contributed by atoms with Crippen LogP contribution in [0.1, 0.15) is 25.7 Å². The molecule has 2 amide bonds. The molecule has 2 aromatic carbocycles. The molecule has 6 rings (SSSR count). The molecule has 2 atom stereocenters. The third kappa shape index (κ3) is 5.03. The summed E-state index contributed by atoms with van der Waals surface area (Å²) in [4.78, 5) is 25.1. The minimum Gasteiger partial charge on any atom is -0.371 e. The van der Waals surface area contributed by atoms with Crippen LogP contribution in [-0.4, -0.2) is 53.6 Å². The molecular weight excluding hydrogens is 477 g/mol. The first-order valence-corrected chi connectivity index (χ1v) is 13.6. The maximum Gasteiger partial charge on any atom is 0.319 e. The van der Waals surface area contributed by atoms with Crippen molar-refractivity contribution in [3.63, 3.8) is 0 Å². The number of amides is 2. The molecule has 3 heterocycles. The molecule has 2 unspecified atom stereocenters. The average Bonchev–Trinajstić information content (AvgIpc) is 3.64. The Kier molecular flexibility index (Phi) is 6.27. The Labute approximate surface area is 213 Å². The van der Waals surface area contributed by atoms with Crippen molar-refractivity contribution in [1.29, 1.82) is 0 Å². The lowest BCUT2D eigenvalue weighted by molar-refractivity contribution is 0.0299. The van der Waals surface area contributed by atoms with Crippen LogP contribution in [0.15, 0.2) is 53.4 Å². The van der Waals surface area contributed by atoms with Crippen molar-refractivity contribution < 1.29 is 13.9 Å². The maximum absolute atomic E-state index is 14.3. The Hall–Kier alpha value is -3.17. The molecule has 36 heavy (non-hydrogen) atoms. The van der Waals surface area contributed by atoms with Gasteiger partial charge in [0.1, 0.15) is 5.82 Å². The van der Waals surface area contributed by atoms with Gasteiger partial charge in [-0.1, -0.05) is 12.1 Å². The second kappa shape index (κ2) is 9.71. The van der Waals surface area contributed by atoms with Crippen LogP contribution < -0.4 is 15.5 Å². The fraction of sp³-hybridized carbons (Fsp3) is 0.370. The molecule has 2 aliphatic heterocycles. The number of anilines is 2. The Morgan fingerprint density at radius 2 is 1.72 bits per heavy atom. The van der Waals surface area contributed by atoms with Gasteiger partial charge in [0, 0.05) is 40.8 Å². The van der Waals surface area contributed by atoms with Crippen LogP contribution in [0.3, 0.4) is 0 Å². The average molecular weight is 506 g/mol. The number of carbonyl (C=O) groups is 1. The van der Waals surface area contributed by atoms with Crippen molar-refractivity contribution in [3.8, 4) is 22.5 Å². The molecule has 2 N–H and O–H groups in total. The maximum atomic E-state index is 14.3. The highest BCUT2D eigenvalue weighted by molar-refractivity contribution is 7.98. The van der Waals surface area contributed by atoms with Crippen LogP contribution in [0, 0.1) is 5.82 Å². The Balaban J connectivity index is 1.35. The van der Waals surface area contributed by atoms with Crippen LogP contribution >= 0.6 is 11.8 Å². The molecule has 1 saturated carbocycles. The van der Waals surface area contributed by atoms with E-state index in [0.29, 0.717) is 23.4 Å². The predicted molar refractivity (Wildman–Crippen MR) is 140 cm³/mol. The number of urea groups is 1. The van der Waals surface area contributed by atoms with Gasteiger partial charge in [0.15, 0.2) is 0 Å². The summed E-state index contributed by atoms with van der Waals surface area (Å²) in [5, 5.41) is 5.81. The fourth-order valence-corrected chi connectivity index (χ4v) is 5.41. The first kappa shape index (κ1) is 23.2. The zero-order valence-electron chi connectivity index (χ0n) is 20.0. The minimum atomic E-state index is -0.297. The first-order chi connectivity index (χ1) is 17.5. The van der Waals surface area contributed by atoms with E-state index in [0.717, 1.165) is 60.5 Å². The second-order valence-electron chi connectivity index (χ2n) is 9.60. The zero-order valence-corrected chi connectivity index (χ0v) is 20.9. The van der Waals surface area contributed by atoms with Gasteiger partial charge in [-0.15, -0.1) is 11.8 Å². The summed E-state index contributed by atoms with van der Waals surface area (Å²) in [7, 11) is 0. The predicted octanol–water partition coefficient (Wildman–Crippen LogP) is 5.32. The highest BCUT2D eigenvalue weighted by atomic mass is 32.2. The minimum absolute atomic E-state index is 0.186. The SMILES string of the molecule is CSc1ccc(F)cc1-c1cc(-c2ccc(NC(=O)NC3CC3)cc2)nc(N2CC3CCC(C2)O3)n1. The van der Waals surface area contributed by atoms with Crippen molar-refractivity contribution in [2.45, 2.75) is 48.8 Å². The van der Waals surface area contributed by atoms with Gasteiger partial charge in [-0.2, -0.15) is 0 Å². The third-order valence-electron chi connectivity index (χ3n) is 6.83. The number of rotatable bonds is 6. The van der Waals surface area contributed by atoms with Crippen LogP contribution in [-0.2, 0) is 4.74 Å². The molecule has 9 heteroatoms. The number of morpholine rings is 1. The van der Waals surface area contributed by atoms with E-state index in [1.54, 1.807) is 17.8 Å². The number of thioether (sulfide) groups is 1. The molecule has 3 fully saturated rings. The lowest BCUT2D eigenvalue weighted by Crippen LogP contribution is -2.43. The molecule has 1 aliphatic carbocycles. The normalized spacial score (nSPS) is 20.9. The molecule has 186 valence electrons. The summed E-state index contributed by atoms with van der Waals surface area (Å²) in [6.07, 6.45) is 6.56. The van der Waals surface area contributed by atoms with E-state index >= 15 is 0 Å². The largest absolute Gasteiger partial charge is 0.371 e. The van der Waals surface area contributed by atoms with E-state index in [1.165, 1.54) is 12.1 Å². The van der Waals surface area contributed by atoms with Gasteiger partial charge in [0.2, 0.25) is 5.95 Å². The van der Waals surface area contributed by atoms with E-state index in [-0.39, 0.29) is 24.1 Å². The van der Waals surface area contributed by atoms with Gasteiger partial charge in [0.25, 0.3) is 0 Å². The lowest BCUT2D eigenvalue weighted by Gasteiger charge is -2.32. The number of nitrogens with zero attached hydrogens (tertiary/aromatic N) is 3. The van der Waals surface area contributed by atoms with Gasteiger partial charge in [-0.05, 0) is 68.3 Å². The van der Waals surface area contributed by atoms with Crippen molar-refractivity contribution in [1.82, 2.24) is 15.3 Å². The topological polar surface area (TPSA) is 79.4 Å². The zero-order chi connectivity index (χ0) is 24.6. The fourth-order valence-electron chi connectivity index (χ4n) is 4.82. The van der Waals surface area contributed by atoms with Gasteiger partial charge in [-0.25, -0.2) is 19.2 Å². The monoisotopic (exact) mass is 505 g/mol. The Morgan fingerprint density at radius 3 is 2.42 bits per heavy atom. The van der Waals surface area contributed by atoms with Gasteiger partial charge >= 0.3 is 6.03 Å². The quantitative estimate of drug-likeness (QED) is 0.441. The summed E-state index contributed by atoms with van der Waals surface area (Å²) in [5.41, 5.74) is 3.79. The Morgan fingerprint density at radius 1 is 1.00 bits per heavy atom. The molecular formula is C27H28FN5O2S. The number of ether oxygens (including phenoxy) is 1. The molecule has 2 bridgehead atoms. The smallest absolute Gasteiger partial charge is 0.319 e. The lowest BCUT2D eigenvalue weighted by atomic mass is 10.1. The third-order valence-corrected chi connectivity index (χ3v) is 7.63. The van der Waals surface area contributed by atoms with Gasteiger partial charge in [0.05, 0.1) is 23.6 Å². The number of hydrogen-bond acceptors (Lipinski definition) is 6.